The molecule has 0 atom stereocenters. The molecule has 4 N–H and O–H groups in total. The lowest BCUT2D eigenvalue weighted by atomic mass is 10.2. The van der Waals surface area contributed by atoms with Crippen molar-refractivity contribution in [1.29, 1.82) is 0 Å². The Morgan fingerprint density at radius 1 is 1.42 bits per heavy atom. The first kappa shape index (κ1) is 8.73. The highest BCUT2D eigenvalue weighted by Crippen LogP contribution is 2.33. The van der Waals surface area contributed by atoms with E-state index in [9.17, 15) is 8.78 Å². The van der Waals surface area contributed by atoms with Crippen molar-refractivity contribution in [3.05, 3.63) is 23.8 Å². The van der Waals surface area contributed by atoms with Crippen LogP contribution in [0.3, 0.4) is 0 Å². The minimum Gasteiger partial charge on any atom is -0.505 e. The Morgan fingerprint density at radius 3 is 2.58 bits per heavy atom. The first-order chi connectivity index (χ1) is 5.66. The number of alkyl halides is 2. The van der Waals surface area contributed by atoms with Crippen molar-refractivity contribution < 1.29 is 13.9 Å². The zero-order valence-corrected chi connectivity index (χ0v) is 6.09. The Bertz CT molecular complexity index is 278. The number of hydrogen-bond acceptors (Lipinski definition) is 3. The zero-order chi connectivity index (χ0) is 9.14. The molecule has 0 aliphatic heterocycles. The third kappa shape index (κ3) is 1.45. The Labute approximate surface area is 67.8 Å². The van der Waals surface area contributed by atoms with Gasteiger partial charge in [-0.3, -0.25) is 5.84 Å². The van der Waals surface area contributed by atoms with Crippen LogP contribution in [0.1, 0.15) is 12.0 Å². The van der Waals surface area contributed by atoms with E-state index >= 15 is 0 Å². The number of aromatic hydroxyl groups is 1. The maximum atomic E-state index is 12.1. The van der Waals surface area contributed by atoms with Gasteiger partial charge >= 0.3 is 0 Å². The van der Waals surface area contributed by atoms with Crippen molar-refractivity contribution in [3.63, 3.8) is 0 Å². The number of benzene rings is 1. The molecule has 1 aromatic carbocycles. The lowest BCUT2D eigenvalue weighted by Crippen LogP contribution is -2.07. The number of nitrogens with one attached hydrogen (secondary N) is 1. The zero-order valence-electron chi connectivity index (χ0n) is 6.09. The van der Waals surface area contributed by atoms with Crippen LogP contribution in [0.5, 0.6) is 5.75 Å². The molecular weight excluding hydrogens is 166 g/mol. The average molecular weight is 174 g/mol. The fraction of sp³-hybridized carbons (Fsp3) is 0.143. The monoisotopic (exact) mass is 174 g/mol. The van der Waals surface area contributed by atoms with E-state index in [1.54, 1.807) is 0 Å². The minimum absolute atomic E-state index is 0.0906. The molecule has 0 saturated carbocycles. The summed E-state index contributed by atoms with van der Waals surface area (Å²) in [5.74, 6) is 4.46. The fourth-order valence-corrected chi connectivity index (χ4v) is 0.854. The van der Waals surface area contributed by atoms with Crippen LogP contribution >= 0.6 is 0 Å². The van der Waals surface area contributed by atoms with Gasteiger partial charge in [-0.15, -0.1) is 0 Å². The second-order valence-corrected chi connectivity index (χ2v) is 2.19. The van der Waals surface area contributed by atoms with Gasteiger partial charge in [-0.1, -0.05) is 6.07 Å². The largest absolute Gasteiger partial charge is 0.505 e. The van der Waals surface area contributed by atoms with Gasteiger partial charge in [0.15, 0.2) is 0 Å². The molecule has 0 unspecified atom stereocenters. The van der Waals surface area contributed by atoms with Crippen LogP contribution in [0.15, 0.2) is 18.2 Å². The van der Waals surface area contributed by atoms with Crippen molar-refractivity contribution >= 4 is 5.69 Å². The van der Waals surface area contributed by atoms with Gasteiger partial charge in [0.05, 0.1) is 11.3 Å². The molecule has 0 fully saturated rings. The SMILES string of the molecule is NNc1cccc(C(F)F)c1O. The molecule has 5 heteroatoms. The Hall–Kier alpha value is -1.36. The van der Waals surface area contributed by atoms with Crippen LogP contribution in [0.25, 0.3) is 0 Å². The molecule has 0 amide bonds. The molecule has 3 nitrogen and oxygen atoms in total. The summed E-state index contributed by atoms with van der Waals surface area (Å²) in [5.41, 5.74) is 1.77. The number of phenols is 1. The summed E-state index contributed by atoms with van der Waals surface area (Å²) in [5, 5.41) is 9.14. The summed E-state index contributed by atoms with van der Waals surface area (Å²) in [7, 11) is 0. The van der Waals surface area contributed by atoms with Crippen molar-refractivity contribution in [2.24, 2.45) is 5.84 Å². The highest BCUT2D eigenvalue weighted by Gasteiger charge is 2.14. The number of anilines is 1. The maximum Gasteiger partial charge on any atom is 0.267 e. The van der Waals surface area contributed by atoms with E-state index in [0.717, 1.165) is 6.07 Å². The second kappa shape index (κ2) is 3.36. The van der Waals surface area contributed by atoms with E-state index in [1.807, 2.05) is 0 Å². The Morgan fingerprint density at radius 2 is 2.08 bits per heavy atom. The van der Waals surface area contributed by atoms with Crippen LogP contribution in [0.4, 0.5) is 14.5 Å². The number of nitrogen functional groups attached to an aromatic ring is 1. The highest BCUT2D eigenvalue weighted by atomic mass is 19.3. The molecule has 1 aromatic rings. The van der Waals surface area contributed by atoms with Gasteiger partial charge in [-0.25, -0.2) is 8.78 Å². The number of rotatable bonds is 2. The van der Waals surface area contributed by atoms with Crippen molar-refractivity contribution in [3.8, 4) is 5.75 Å². The average Bonchev–Trinajstić information content (AvgIpc) is 2.04. The van der Waals surface area contributed by atoms with E-state index in [4.69, 9.17) is 10.9 Å². The molecule has 0 spiro atoms. The van der Waals surface area contributed by atoms with E-state index in [0.29, 0.717) is 0 Å². The topological polar surface area (TPSA) is 58.3 Å². The van der Waals surface area contributed by atoms with Crippen LogP contribution in [0.2, 0.25) is 0 Å². The first-order valence-electron chi connectivity index (χ1n) is 3.23. The summed E-state index contributed by atoms with van der Waals surface area (Å²) < 4.78 is 24.2. The number of hydrazine groups is 1. The third-order valence-electron chi connectivity index (χ3n) is 1.46. The van der Waals surface area contributed by atoms with Crippen molar-refractivity contribution in [2.75, 3.05) is 5.43 Å². The predicted octanol–water partition coefficient (Wildman–Crippen LogP) is 1.62. The number of para-hydroxylation sites is 1. The summed E-state index contributed by atoms with van der Waals surface area (Å²) in [6, 6.07) is 3.93. The standard InChI is InChI=1S/C7H8F2N2O/c8-7(9)4-2-1-3-5(11-10)6(4)12/h1-3,7,11-12H,10H2. The third-order valence-corrected chi connectivity index (χ3v) is 1.46. The first-order valence-corrected chi connectivity index (χ1v) is 3.23. The summed E-state index contributed by atoms with van der Waals surface area (Å²) in [4.78, 5) is 0. The van der Waals surface area contributed by atoms with Gasteiger partial charge in [0.2, 0.25) is 0 Å². The molecule has 0 aliphatic rings. The van der Waals surface area contributed by atoms with Crippen LogP contribution in [0, 0.1) is 0 Å². The number of hydrogen-bond donors (Lipinski definition) is 3. The van der Waals surface area contributed by atoms with Crippen LogP contribution in [-0.4, -0.2) is 5.11 Å². The smallest absolute Gasteiger partial charge is 0.267 e. The lowest BCUT2D eigenvalue weighted by molar-refractivity contribution is 0.147. The molecule has 0 saturated heterocycles. The summed E-state index contributed by atoms with van der Waals surface area (Å²) >= 11 is 0. The lowest BCUT2D eigenvalue weighted by Gasteiger charge is -2.07. The quantitative estimate of drug-likeness (QED) is 0.362. The second-order valence-electron chi connectivity index (χ2n) is 2.19. The Kier molecular flexibility index (Phi) is 2.44. The highest BCUT2D eigenvalue weighted by molar-refractivity contribution is 5.58. The number of phenolic OH excluding ortho intramolecular Hbond substituents is 1. The van der Waals surface area contributed by atoms with Gasteiger partial charge in [-0.05, 0) is 12.1 Å². The van der Waals surface area contributed by atoms with Gasteiger partial charge < -0.3 is 10.5 Å². The maximum absolute atomic E-state index is 12.1. The molecule has 0 aliphatic carbocycles. The number of halogens is 2. The normalized spacial score (nSPS) is 10.3. The molecule has 66 valence electrons. The summed E-state index contributed by atoms with van der Waals surface area (Å²) in [6.45, 7) is 0. The predicted molar refractivity (Wildman–Crippen MR) is 40.9 cm³/mol. The van der Waals surface area contributed by atoms with Crippen LogP contribution < -0.4 is 11.3 Å². The molecule has 0 aromatic heterocycles. The van der Waals surface area contributed by atoms with Gasteiger partial charge in [0.1, 0.15) is 5.75 Å². The number of nitrogens with two attached hydrogens (primary N) is 1. The van der Waals surface area contributed by atoms with Gasteiger partial charge in [0.25, 0.3) is 6.43 Å². The van der Waals surface area contributed by atoms with E-state index in [1.165, 1.54) is 12.1 Å². The van der Waals surface area contributed by atoms with E-state index < -0.39 is 17.7 Å². The summed E-state index contributed by atoms with van der Waals surface area (Å²) in [6.07, 6.45) is -2.70. The van der Waals surface area contributed by atoms with Crippen molar-refractivity contribution in [1.82, 2.24) is 0 Å². The fourth-order valence-electron chi connectivity index (χ4n) is 0.854. The van der Waals surface area contributed by atoms with Crippen molar-refractivity contribution in [2.45, 2.75) is 6.43 Å². The molecule has 0 radical (unpaired) electrons. The molecular formula is C7H8F2N2O. The van der Waals surface area contributed by atoms with Gasteiger partial charge in [-0.2, -0.15) is 0 Å². The van der Waals surface area contributed by atoms with Gasteiger partial charge in [0, 0.05) is 0 Å². The minimum atomic E-state index is -2.70. The molecule has 1 rings (SSSR count). The molecule has 0 bridgehead atoms. The molecule has 0 heterocycles. The van der Waals surface area contributed by atoms with E-state index in [2.05, 4.69) is 5.43 Å². The Balaban J connectivity index is 3.14. The van der Waals surface area contributed by atoms with E-state index in [-0.39, 0.29) is 5.69 Å². The van der Waals surface area contributed by atoms with Crippen LogP contribution in [-0.2, 0) is 0 Å². The molecule has 12 heavy (non-hydrogen) atoms.